The van der Waals surface area contributed by atoms with Gasteiger partial charge in [-0.3, -0.25) is 14.6 Å². The molecule has 0 aromatic heterocycles. The maximum Gasteiger partial charge on any atom is 0.397 e. The van der Waals surface area contributed by atoms with Crippen LogP contribution in [0.15, 0.2) is 23.2 Å². The fourth-order valence-electron chi connectivity index (χ4n) is 3.58. The second-order valence-electron chi connectivity index (χ2n) is 6.43. The van der Waals surface area contributed by atoms with Gasteiger partial charge in [-0.05, 0) is 24.6 Å². The molecule has 1 unspecified atom stereocenters. The summed E-state index contributed by atoms with van der Waals surface area (Å²) in [5, 5.41) is 0. The van der Waals surface area contributed by atoms with Gasteiger partial charge in [-0.15, -0.1) is 0 Å². The summed E-state index contributed by atoms with van der Waals surface area (Å²) in [6.45, 7) is 3.38. The molecule has 3 aliphatic heterocycles. The van der Waals surface area contributed by atoms with Gasteiger partial charge >= 0.3 is 12.0 Å². The number of nitrogens with zero attached hydrogens (tertiary/aromatic N) is 5. The number of likely N-dealkylation sites (N-methyl/N-ethyl adjacent to an activating group) is 2. The van der Waals surface area contributed by atoms with E-state index in [1.54, 1.807) is 14.2 Å². The number of ether oxygens (including phenoxy) is 1. The largest absolute Gasteiger partial charge is 0.493 e. The van der Waals surface area contributed by atoms with Crippen LogP contribution in [-0.4, -0.2) is 78.4 Å². The highest BCUT2D eigenvalue weighted by Gasteiger charge is 2.54. The molecule has 0 saturated carbocycles. The van der Waals surface area contributed by atoms with Crippen LogP contribution in [-0.2, 0) is 4.79 Å². The number of anilines is 1. The normalized spacial score (nSPS) is 22.5. The van der Waals surface area contributed by atoms with Crippen molar-refractivity contribution in [2.75, 3.05) is 39.2 Å². The summed E-state index contributed by atoms with van der Waals surface area (Å²) < 4.78 is 7.45. The number of carbonyl (C=O) groups is 2. The Morgan fingerprint density at radius 3 is 2.72 bits per heavy atom. The minimum atomic E-state index is -0.538. The van der Waals surface area contributed by atoms with E-state index in [0.717, 1.165) is 21.9 Å². The zero-order chi connectivity index (χ0) is 17.9. The van der Waals surface area contributed by atoms with E-state index in [1.807, 2.05) is 34.6 Å². The summed E-state index contributed by atoms with van der Waals surface area (Å²) in [5.41, 5.74) is 2.03. The van der Waals surface area contributed by atoms with Crippen molar-refractivity contribution in [3.8, 4) is 5.75 Å². The summed E-state index contributed by atoms with van der Waals surface area (Å²) in [6, 6.07) is 5.06. The van der Waals surface area contributed by atoms with Gasteiger partial charge < -0.3 is 4.74 Å². The lowest BCUT2D eigenvalue weighted by atomic mass is 10.1. The smallest absolute Gasteiger partial charge is 0.397 e. The van der Waals surface area contributed by atoms with Crippen LogP contribution in [0, 0.1) is 6.92 Å². The van der Waals surface area contributed by atoms with Gasteiger partial charge in [0.2, 0.25) is 11.9 Å². The second-order valence-corrected chi connectivity index (χ2v) is 6.43. The fourth-order valence-corrected chi connectivity index (χ4v) is 3.58. The third-order valence-electron chi connectivity index (χ3n) is 4.94. The van der Waals surface area contributed by atoms with Crippen LogP contribution < -0.4 is 9.64 Å². The predicted molar refractivity (Wildman–Crippen MR) is 92.4 cm³/mol. The minimum Gasteiger partial charge on any atom is -0.493 e. The Hall–Kier alpha value is -2.90. The average Bonchev–Trinajstić information content (AvgIpc) is 3.17. The molecule has 0 N–H and O–H groups in total. The van der Waals surface area contributed by atoms with Crippen molar-refractivity contribution in [1.29, 1.82) is 0 Å². The molecule has 3 aliphatic rings. The SMILES string of the molecule is COc1ccc(C)cc1N1CC[N+]2=C1N=C1C2C(=O)N(C)C(=O)N1C. The number of benzene rings is 1. The maximum atomic E-state index is 12.6. The van der Waals surface area contributed by atoms with Gasteiger partial charge in [0.15, 0.2) is 5.75 Å². The van der Waals surface area contributed by atoms with Gasteiger partial charge in [0.05, 0.1) is 13.7 Å². The van der Waals surface area contributed by atoms with E-state index in [-0.39, 0.29) is 11.9 Å². The van der Waals surface area contributed by atoms with Crippen molar-refractivity contribution < 1.29 is 18.9 Å². The first-order chi connectivity index (χ1) is 11.9. The number of fused-ring (bicyclic) bond motifs is 2. The van der Waals surface area contributed by atoms with Crippen molar-refractivity contribution in [1.82, 2.24) is 9.80 Å². The van der Waals surface area contributed by atoms with Crippen LogP contribution in [0.2, 0.25) is 0 Å². The maximum absolute atomic E-state index is 12.6. The molecule has 1 saturated heterocycles. The van der Waals surface area contributed by atoms with Gasteiger partial charge in [0.25, 0.3) is 5.91 Å². The van der Waals surface area contributed by atoms with E-state index in [2.05, 4.69) is 4.99 Å². The lowest BCUT2D eigenvalue weighted by molar-refractivity contribution is -0.525. The quantitative estimate of drug-likeness (QED) is 0.734. The first-order valence-electron chi connectivity index (χ1n) is 8.13. The highest BCUT2D eigenvalue weighted by molar-refractivity contribution is 6.24. The predicted octanol–water partition coefficient (Wildman–Crippen LogP) is 0.497. The first-order valence-corrected chi connectivity index (χ1v) is 8.13. The van der Waals surface area contributed by atoms with Crippen molar-refractivity contribution in [2.45, 2.75) is 13.0 Å². The standard InChI is InChI=1S/C17H20N5O3/c1-10-5-6-12(25-4)11(9-10)21-7-8-22-13-14(18-16(21)22)19(2)17(24)20(3)15(13)23/h5-6,9,13H,7-8H2,1-4H3/q+1. The fraction of sp³-hybridized carbons (Fsp3) is 0.412. The molecule has 0 spiro atoms. The zero-order valence-electron chi connectivity index (χ0n) is 14.7. The molecule has 1 atom stereocenters. The Kier molecular flexibility index (Phi) is 3.31. The van der Waals surface area contributed by atoms with E-state index in [1.165, 1.54) is 11.9 Å². The average molecular weight is 342 g/mol. The monoisotopic (exact) mass is 342 g/mol. The third kappa shape index (κ3) is 2.06. The molecule has 0 aliphatic carbocycles. The number of rotatable bonds is 2. The molecular formula is C17H20N5O3+. The Labute approximate surface area is 145 Å². The van der Waals surface area contributed by atoms with Crippen molar-refractivity contribution in [3.63, 3.8) is 0 Å². The molecule has 1 aromatic rings. The third-order valence-corrected chi connectivity index (χ3v) is 4.94. The number of aliphatic imine (C=N–C) groups is 1. The van der Waals surface area contributed by atoms with E-state index in [0.29, 0.717) is 24.9 Å². The van der Waals surface area contributed by atoms with Gasteiger partial charge in [0.1, 0.15) is 12.2 Å². The number of amidine groups is 1. The van der Waals surface area contributed by atoms with Crippen LogP contribution in [0.4, 0.5) is 10.5 Å². The zero-order valence-corrected chi connectivity index (χ0v) is 14.7. The Morgan fingerprint density at radius 1 is 1.24 bits per heavy atom. The van der Waals surface area contributed by atoms with Crippen molar-refractivity contribution in [2.24, 2.45) is 4.99 Å². The van der Waals surface area contributed by atoms with Crippen LogP contribution in [0.1, 0.15) is 5.56 Å². The van der Waals surface area contributed by atoms with Crippen molar-refractivity contribution >= 4 is 29.4 Å². The van der Waals surface area contributed by atoms with E-state index in [9.17, 15) is 9.59 Å². The topological polar surface area (TPSA) is 68.5 Å². The van der Waals surface area contributed by atoms with Crippen molar-refractivity contribution in [3.05, 3.63) is 23.8 Å². The van der Waals surface area contributed by atoms with Gasteiger partial charge in [0, 0.05) is 14.1 Å². The van der Waals surface area contributed by atoms with Crippen LogP contribution >= 0.6 is 0 Å². The Morgan fingerprint density at radius 2 is 2.00 bits per heavy atom. The molecule has 8 nitrogen and oxygen atoms in total. The van der Waals surface area contributed by atoms with Crippen LogP contribution in [0.25, 0.3) is 0 Å². The summed E-state index contributed by atoms with van der Waals surface area (Å²) in [4.78, 5) is 34.1. The van der Waals surface area contributed by atoms with Gasteiger partial charge in [-0.2, -0.15) is 0 Å². The van der Waals surface area contributed by atoms with E-state index >= 15 is 0 Å². The number of amides is 3. The molecule has 8 heteroatoms. The molecule has 1 aromatic carbocycles. The Balaban J connectivity index is 1.80. The molecular weight excluding hydrogens is 322 g/mol. The lowest BCUT2D eigenvalue weighted by Crippen LogP contribution is -2.61. The summed E-state index contributed by atoms with van der Waals surface area (Å²) >= 11 is 0. The number of hydrogen-bond acceptors (Lipinski definition) is 5. The number of aryl methyl sites for hydroxylation is 1. The number of hydrogen-bond donors (Lipinski definition) is 0. The molecule has 4 rings (SSSR count). The number of guanidine groups is 1. The molecule has 25 heavy (non-hydrogen) atoms. The minimum absolute atomic E-state index is 0.241. The highest BCUT2D eigenvalue weighted by Crippen LogP contribution is 2.33. The summed E-state index contributed by atoms with van der Waals surface area (Å²) in [5.74, 6) is 1.68. The number of methoxy groups -OCH3 is 1. The number of imide groups is 1. The van der Waals surface area contributed by atoms with Gasteiger partial charge in [-0.1, -0.05) is 11.1 Å². The molecule has 130 valence electrons. The summed E-state index contributed by atoms with van der Waals surface area (Å²) in [7, 11) is 4.79. The van der Waals surface area contributed by atoms with E-state index < -0.39 is 6.04 Å². The van der Waals surface area contributed by atoms with Crippen LogP contribution in [0.5, 0.6) is 5.75 Å². The number of urea groups is 1. The molecule has 0 radical (unpaired) electrons. The summed E-state index contributed by atoms with van der Waals surface area (Å²) in [6.07, 6.45) is 0. The van der Waals surface area contributed by atoms with E-state index in [4.69, 9.17) is 4.74 Å². The Bertz CT molecular complexity index is 860. The molecule has 3 heterocycles. The first kappa shape index (κ1) is 15.6. The molecule has 1 fully saturated rings. The van der Waals surface area contributed by atoms with Crippen LogP contribution in [0.3, 0.4) is 0 Å². The molecule has 3 amide bonds. The van der Waals surface area contributed by atoms with Gasteiger partial charge in [-0.25, -0.2) is 14.3 Å². The second kappa shape index (κ2) is 5.30. The number of carbonyl (C=O) groups excluding carboxylic acids is 2. The highest BCUT2D eigenvalue weighted by atomic mass is 16.5. The molecule has 0 bridgehead atoms. The lowest BCUT2D eigenvalue weighted by Gasteiger charge is -2.31.